The predicted molar refractivity (Wildman–Crippen MR) is 51.2 cm³/mol. The number of rotatable bonds is 2. The lowest BCUT2D eigenvalue weighted by Gasteiger charge is -2.13. The number of nitriles is 1. The van der Waals surface area contributed by atoms with Crippen molar-refractivity contribution in [3.63, 3.8) is 0 Å². The molecular formula is C9H12N4O. The Kier molecular flexibility index (Phi) is 2.56. The van der Waals surface area contributed by atoms with Crippen LogP contribution in [0.25, 0.3) is 0 Å². The molecule has 5 nitrogen and oxygen atoms in total. The van der Waals surface area contributed by atoms with E-state index < -0.39 is 5.41 Å². The highest BCUT2D eigenvalue weighted by Crippen LogP contribution is 2.15. The smallest absolute Gasteiger partial charge is 0.245 e. The summed E-state index contributed by atoms with van der Waals surface area (Å²) >= 11 is 0. The zero-order valence-corrected chi connectivity index (χ0v) is 8.40. The molecule has 1 N–H and O–H groups in total. The molecule has 0 spiro atoms. The third-order valence-electron chi connectivity index (χ3n) is 1.80. The first kappa shape index (κ1) is 10.3. The van der Waals surface area contributed by atoms with E-state index in [0.29, 0.717) is 5.82 Å². The van der Waals surface area contributed by atoms with Gasteiger partial charge in [-0.05, 0) is 13.8 Å². The highest BCUT2D eigenvalue weighted by atomic mass is 16.2. The summed E-state index contributed by atoms with van der Waals surface area (Å²) in [6.07, 6.45) is 1.72. The van der Waals surface area contributed by atoms with Gasteiger partial charge in [-0.25, -0.2) is 0 Å². The number of carbonyl (C=O) groups excluding carboxylic acids is 1. The molecule has 1 heterocycles. The van der Waals surface area contributed by atoms with Crippen LogP contribution in [0.5, 0.6) is 0 Å². The molecule has 0 fully saturated rings. The first-order valence-corrected chi connectivity index (χ1v) is 4.18. The van der Waals surface area contributed by atoms with Crippen molar-refractivity contribution in [1.29, 1.82) is 5.26 Å². The maximum atomic E-state index is 11.5. The molecule has 0 saturated carbocycles. The standard InChI is InChI=1S/C9H12N4O/c1-9(2,6-10)8(14)11-7-4-5-13(3)12-7/h4-5H,1-3H3,(H,11,12,14). The minimum absolute atomic E-state index is 0.348. The van der Waals surface area contributed by atoms with Crippen molar-refractivity contribution in [1.82, 2.24) is 9.78 Å². The van der Waals surface area contributed by atoms with Crippen LogP contribution in [0.1, 0.15) is 13.8 Å². The SMILES string of the molecule is Cn1ccc(NC(=O)C(C)(C)C#N)n1. The molecule has 0 aliphatic carbocycles. The minimum Gasteiger partial charge on any atom is -0.308 e. The first-order chi connectivity index (χ1) is 6.45. The molecule has 0 bridgehead atoms. The van der Waals surface area contributed by atoms with Crippen LogP contribution in [0.3, 0.4) is 0 Å². The molecule has 14 heavy (non-hydrogen) atoms. The number of aryl methyl sites for hydroxylation is 1. The third kappa shape index (κ3) is 2.10. The summed E-state index contributed by atoms with van der Waals surface area (Å²) in [6, 6.07) is 3.59. The van der Waals surface area contributed by atoms with Gasteiger partial charge in [0.25, 0.3) is 0 Å². The number of amides is 1. The van der Waals surface area contributed by atoms with Gasteiger partial charge in [0, 0.05) is 19.3 Å². The normalized spacial score (nSPS) is 10.7. The van der Waals surface area contributed by atoms with E-state index in [0.717, 1.165) is 0 Å². The quantitative estimate of drug-likeness (QED) is 0.757. The topological polar surface area (TPSA) is 70.7 Å². The minimum atomic E-state index is -1.03. The molecule has 1 aromatic rings. The van der Waals surface area contributed by atoms with Gasteiger partial charge in [0.2, 0.25) is 5.91 Å². The predicted octanol–water partition coefficient (Wildman–Crippen LogP) is 0.908. The number of anilines is 1. The van der Waals surface area contributed by atoms with E-state index in [4.69, 9.17) is 5.26 Å². The lowest BCUT2D eigenvalue weighted by atomic mass is 9.95. The summed E-state index contributed by atoms with van der Waals surface area (Å²) in [7, 11) is 1.76. The monoisotopic (exact) mass is 192 g/mol. The van der Waals surface area contributed by atoms with Gasteiger partial charge < -0.3 is 5.32 Å². The van der Waals surface area contributed by atoms with Crippen molar-refractivity contribution >= 4 is 11.7 Å². The fraction of sp³-hybridized carbons (Fsp3) is 0.444. The fourth-order valence-corrected chi connectivity index (χ4v) is 0.805. The van der Waals surface area contributed by atoms with Gasteiger partial charge in [-0.3, -0.25) is 9.48 Å². The Balaban J connectivity index is 2.72. The lowest BCUT2D eigenvalue weighted by molar-refractivity contribution is -0.121. The van der Waals surface area contributed by atoms with E-state index in [2.05, 4.69) is 10.4 Å². The van der Waals surface area contributed by atoms with E-state index in [1.54, 1.807) is 37.8 Å². The summed E-state index contributed by atoms with van der Waals surface area (Å²) in [4.78, 5) is 11.5. The van der Waals surface area contributed by atoms with Crippen LogP contribution in [-0.4, -0.2) is 15.7 Å². The van der Waals surface area contributed by atoms with Gasteiger partial charge >= 0.3 is 0 Å². The van der Waals surface area contributed by atoms with Gasteiger partial charge in [-0.1, -0.05) is 0 Å². The van der Waals surface area contributed by atoms with Crippen molar-refractivity contribution in [3.05, 3.63) is 12.3 Å². The van der Waals surface area contributed by atoms with E-state index in [-0.39, 0.29) is 5.91 Å². The molecule has 0 saturated heterocycles. The molecule has 0 aliphatic rings. The number of nitrogens with zero attached hydrogens (tertiary/aromatic N) is 3. The van der Waals surface area contributed by atoms with Crippen molar-refractivity contribution in [2.75, 3.05) is 5.32 Å². The largest absolute Gasteiger partial charge is 0.308 e. The number of hydrogen-bond acceptors (Lipinski definition) is 3. The van der Waals surface area contributed by atoms with Crippen LogP contribution in [0, 0.1) is 16.7 Å². The molecule has 1 aromatic heterocycles. The Bertz CT molecular complexity index is 386. The fourth-order valence-electron chi connectivity index (χ4n) is 0.805. The molecule has 0 radical (unpaired) electrons. The van der Waals surface area contributed by atoms with E-state index in [1.807, 2.05) is 6.07 Å². The summed E-state index contributed by atoms with van der Waals surface area (Å²) in [5.41, 5.74) is -1.03. The van der Waals surface area contributed by atoms with Gasteiger partial charge in [0.15, 0.2) is 5.82 Å². The molecule has 0 atom stereocenters. The summed E-state index contributed by atoms with van der Waals surface area (Å²) in [5, 5.41) is 15.2. The van der Waals surface area contributed by atoms with E-state index in [9.17, 15) is 4.79 Å². The van der Waals surface area contributed by atoms with Crippen LogP contribution in [0.4, 0.5) is 5.82 Å². The lowest BCUT2D eigenvalue weighted by Crippen LogP contribution is -2.29. The molecule has 1 amide bonds. The van der Waals surface area contributed by atoms with Crippen LogP contribution < -0.4 is 5.32 Å². The van der Waals surface area contributed by atoms with Crippen LogP contribution in [-0.2, 0) is 11.8 Å². The Morgan fingerprint density at radius 2 is 2.36 bits per heavy atom. The first-order valence-electron chi connectivity index (χ1n) is 4.18. The summed E-state index contributed by atoms with van der Waals surface area (Å²) in [6.45, 7) is 3.12. The Labute approximate surface area is 82.3 Å². The van der Waals surface area contributed by atoms with Crippen molar-refractivity contribution in [2.24, 2.45) is 12.5 Å². The van der Waals surface area contributed by atoms with Gasteiger partial charge in [-0.15, -0.1) is 0 Å². The number of aromatic nitrogens is 2. The summed E-state index contributed by atoms with van der Waals surface area (Å²) in [5.74, 6) is 0.111. The highest BCUT2D eigenvalue weighted by molar-refractivity contribution is 5.95. The van der Waals surface area contributed by atoms with Crippen molar-refractivity contribution < 1.29 is 4.79 Å². The maximum Gasteiger partial charge on any atom is 0.245 e. The van der Waals surface area contributed by atoms with Crippen molar-refractivity contribution in [3.8, 4) is 6.07 Å². The number of carbonyl (C=O) groups is 1. The zero-order valence-electron chi connectivity index (χ0n) is 8.40. The van der Waals surface area contributed by atoms with Crippen LogP contribution in [0.2, 0.25) is 0 Å². The van der Waals surface area contributed by atoms with E-state index in [1.165, 1.54) is 0 Å². The average molecular weight is 192 g/mol. The van der Waals surface area contributed by atoms with E-state index >= 15 is 0 Å². The molecule has 74 valence electrons. The molecule has 0 unspecified atom stereocenters. The van der Waals surface area contributed by atoms with Gasteiger partial charge in [0.05, 0.1) is 6.07 Å². The number of hydrogen-bond donors (Lipinski definition) is 1. The van der Waals surface area contributed by atoms with Gasteiger partial charge in [-0.2, -0.15) is 10.4 Å². The summed E-state index contributed by atoms with van der Waals surface area (Å²) < 4.78 is 1.58. The average Bonchev–Trinajstić information content (AvgIpc) is 2.51. The molecular weight excluding hydrogens is 180 g/mol. The second kappa shape index (κ2) is 3.50. The van der Waals surface area contributed by atoms with Crippen LogP contribution in [0.15, 0.2) is 12.3 Å². The second-order valence-electron chi connectivity index (χ2n) is 3.57. The molecule has 5 heteroatoms. The van der Waals surface area contributed by atoms with Crippen LogP contribution >= 0.6 is 0 Å². The Hall–Kier alpha value is -1.83. The van der Waals surface area contributed by atoms with Crippen molar-refractivity contribution in [2.45, 2.75) is 13.8 Å². The zero-order chi connectivity index (χ0) is 10.8. The van der Waals surface area contributed by atoms with Gasteiger partial charge in [0.1, 0.15) is 5.41 Å². The maximum absolute atomic E-state index is 11.5. The Morgan fingerprint density at radius 3 is 2.79 bits per heavy atom. The Morgan fingerprint density at radius 1 is 1.71 bits per heavy atom. The molecule has 0 aromatic carbocycles. The second-order valence-corrected chi connectivity index (χ2v) is 3.57. The number of nitrogens with one attached hydrogen (secondary N) is 1. The molecule has 1 rings (SSSR count). The molecule has 0 aliphatic heterocycles. The third-order valence-corrected chi connectivity index (χ3v) is 1.80. The highest BCUT2D eigenvalue weighted by Gasteiger charge is 2.27.